The summed E-state index contributed by atoms with van der Waals surface area (Å²) in [7, 11) is 5.82. The highest BCUT2D eigenvalue weighted by atomic mass is 15.0. The van der Waals surface area contributed by atoms with Crippen LogP contribution in [0.5, 0.6) is 0 Å². The van der Waals surface area contributed by atoms with Crippen molar-refractivity contribution in [1.29, 1.82) is 0 Å². The van der Waals surface area contributed by atoms with Crippen molar-refractivity contribution in [3.63, 3.8) is 0 Å². The standard InChI is InChI=1S/C29H40N6/c1-6-11-25(19-30-3)27-20-33-28(34-29(27)32-17-15-26-14-8-9-16-31-26)24-13-10-12-23(18-24)22(7-2)21-35(4)5/h7,10-13,18-21,26,31H,2,6,8-9,14-17H2,1,3-5H3,(H,32,33,34)/b22-21+,25-11+,30-19-. The van der Waals surface area contributed by atoms with Crippen LogP contribution < -0.4 is 10.6 Å². The average Bonchev–Trinajstić information content (AvgIpc) is 2.88. The van der Waals surface area contributed by atoms with Gasteiger partial charge in [0, 0.05) is 69.0 Å². The lowest BCUT2D eigenvalue weighted by Gasteiger charge is -2.23. The van der Waals surface area contributed by atoms with E-state index in [1.165, 1.54) is 19.3 Å². The van der Waals surface area contributed by atoms with E-state index in [0.717, 1.165) is 59.6 Å². The van der Waals surface area contributed by atoms with Gasteiger partial charge in [-0.1, -0.05) is 50.3 Å². The molecule has 1 unspecified atom stereocenters. The van der Waals surface area contributed by atoms with Gasteiger partial charge in [-0.2, -0.15) is 0 Å². The summed E-state index contributed by atoms with van der Waals surface area (Å²) in [6, 6.07) is 8.88. The van der Waals surface area contributed by atoms with Crippen LogP contribution in [0.4, 0.5) is 5.82 Å². The summed E-state index contributed by atoms with van der Waals surface area (Å²) >= 11 is 0. The van der Waals surface area contributed by atoms with Crippen LogP contribution in [0.3, 0.4) is 0 Å². The molecule has 1 aliphatic rings. The van der Waals surface area contributed by atoms with Crippen molar-refractivity contribution in [1.82, 2.24) is 20.2 Å². The fourth-order valence-corrected chi connectivity index (χ4v) is 4.35. The minimum absolute atomic E-state index is 0.571. The van der Waals surface area contributed by atoms with Gasteiger partial charge in [-0.25, -0.2) is 9.97 Å². The van der Waals surface area contributed by atoms with Crippen LogP contribution >= 0.6 is 0 Å². The van der Waals surface area contributed by atoms with Gasteiger partial charge in [-0.15, -0.1) is 0 Å². The topological polar surface area (TPSA) is 65.4 Å². The van der Waals surface area contributed by atoms with Crippen LogP contribution in [-0.4, -0.2) is 61.4 Å². The first-order chi connectivity index (χ1) is 17.0. The van der Waals surface area contributed by atoms with E-state index in [1.807, 2.05) is 43.5 Å². The summed E-state index contributed by atoms with van der Waals surface area (Å²) in [5.74, 6) is 1.55. The summed E-state index contributed by atoms with van der Waals surface area (Å²) in [6.45, 7) is 8.09. The lowest BCUT2D eigenvalue weighted by atomic mass is 10.0. The number of nitrogens with zero attached hydrogens (tertiary/aromatic N) is 4. The zero-order chi connectivity index (χ0) is 25.0. The van der Waals surface area contributed by atoms with E-state index in [9.17, 15) is 0 Å². The molecule has 186 valence electrons. The van der Waals surface area contributed by atoms with Gasteiger partial charge < -0.3 is 15.5 Å². The normalized spacial score (nSPS) is 17.0. The summed E-state index contributed by atoms with van der Waals surface area (Å²) < 4.78 is 0. The molecule has 1 aliphatic heterocycles. The Morgan fingerprint density at radius 1 is 1.29 bits per heavy atom. The number of rotatable bonds is 11. The predicted molar refractivity (Wildman–Crippen MR) is 151 cm³/mol. The van der Waals surface area contributed by atoms with Crippen LogP contribution in [0.2, 0.25) is 0 Å². The highest BCUT2D eigenvalue weighted by Gasteiger charge is 2.15. The molecule has 1 fully saturated rings. The zero-order valence-electron chi connectivity index (χ0n) is 21.7. The third-order valence-electron chi connectivity index (χ3n) is 6.06. The highest BCUT2D eigenvalue weighted by molar-refractivity contribution is 6.11. The largest absolute Gasteiger partial charge is 0.383 e. The molecule has 1 atom stereocenters. The molecular weight excluding hydrogens is 432 g/mol. The molecule has 3 rings (SSSR count). The van der Waals surface area contributed by atoms with Crippen molar-refractivity contribution in [3.05, 3.63) is 66.5 Å². The van der Waals surface area contributed by atoms with Crippen LogP contribution in [0.25, 0.3) is 22.5 Å². The first-order valence-corrected chi connectivity index (χ1v) is 12.6. The monoisotopic (exact) mass is 472 g/mol. The molecule has 2 N–H and O–H groups in total. The van der Waals surface area contributed by atoms with Crippen LogP contribution in [0.1, 0.15) is 50.2 Å². The first kappa shape index (κ1) is 26.4. The molecule has 0 saturated carbocycles. The van der Waals surface area contributed by atoms with Gasteiger partial charge in [-0.05, 0) is 49.4 Å². The molecule has 2 aromatic rings. The number of allylic oxidation sites excluding steroid dienone is 4. The maximum atomic E-state index is 5.00. The number of nitrogens with one attached hydrogen (secondary N) is 2. The van der Waals surface area contributed by atoms with E-state index >= 15 is 0 Å². The van der Waals surface area contributed by atoms with Crippen molar-refractivity contribution in [2.24, 2.45) is 4.99 Å². The second-order valence-corrected chi connectivity index (χ2v) is 9.11. The quantitative estimate of drug-likeness (QED) is 0.326. The fraction of sp³-hybridized carbons (Fsp3) is 0.414. The minimum atomic E-state index is 0.571. The zero-order valence-corrected chi connectivity index (χ0v) is 21.7. The Hall–Kier alpha value is -3.25. The molecule has 6 nitrogen and oxygen atoms in total. The lowest BCUT2D eigenvalue weighted by molar-refractivity contribution is 0.389. The second kappa shape index (κ2) is 13.6. The molecule has 0 spiro atoms. The third-order valence-corrected chi connectivity index (χ3v) is 6.06. The Kier molecular flexibility index (Phi) is 10.2. The van der Waals surface area contributed by atoms with Crippen molar-refractivity contribution in [3.8, 4) is 11.4 Å². The Morgan fingerprint density at radius 2 is 2.14 bits per heavy atom. The Labute approximate surface area is 211 Å². The molecule has 0 amide bonds. The molecule has 2 heterocycles. The smallest absolute Gasteiger partial charge is 0.161 e. The SMILES string of the molecule is C=C/C(=C\N(C)C)c1cccc(-c2ncc(C(/C=N\C)=C/CC)c(NCCC3CCCCN3)n2)c1. The summed E-state index contributed by atoms with van der Waals surface area (Å²) in [6.07, 6.45) is 15.7. The van der Waals surface area contributed by atoms with E-state index in [2.05, 4.69) is 59.6 Å². The minimum Gasteiger partial charge on any atom is -0.383 e. The number of hydrogen-bond acceptors (Lipinski definition) is 6. The van der Waals surface area contributed by atoms with Gasteiger partial charge >= 0.3 is 0 Å². The molecule has 0 radical (unpaired) electrons. The van der Waals surface area contributed by atoms with Crippen molar-refractivity contribution < 1.29 is 0 Å². The van der Waals surface area contributed by atoms with Crippen LogP contribution in [0.15, 0.2) is 60.4 Å². The van der Waals surface area contributed by atoms with E-state index in [0.29, 0.717) is 11.9 Å². The number of piperidine rings is 1. The van der Waals surface area contributed by atoms with Gasteiger partial charge in [0.25, 0.3) is 0 Å². The highest BCUT2D eigenvalue weighted by Crippen LogP contribution is 2.27. The molecule has 0 aliphatic carbocycles. The summed E-state index contributed by atoms with van der Waals surface area (Å²) in [4.78, 5) is 16.0. The van der Waals surface area contributed by atoms with Crippen LogP contribution in [0, 0.1) is 0 Å². The fourth-order valence-electron chi connectivity index (χ4n) is 4.35. The third kappa shape index (κ3) is 7.62. The Morgan fingerprint density at radius 3 is 2.83 bits per heavy atom. The van der Waals surface area contributed by atoms with Crippen molar-refractivity contribution in [2.75, 3.05) is 39.5 Å². The number of hydrogen-bond donors (Lipinski definition) is 2. The molecule has 0 bridgehead atoms. The average molecular weight is 473 g/mol. The molecular formula is C29H40N6. The van der Waals surface area contributed by atoms with E-state index < -0.39 is 0 Å². The molecule has 1 saturated heterocycles. The number of benzene rings is 1. The van der Waals surface area contributed by atoms with Gasteiger partial charge in [0.1, 0.15) is 5.82 Å². The predicted octanol–water partition coefficient (Wildman–Crippen LogP) is 5.67. The Bertz CT molecular complexity index is 1060. The number of anilines is 1. The van der Waals surface area contributed by atoms with Crippen molar-refractivity contribution >= 4 is 23.2 Å². The van der Waals surface area contributed by atoms with E-state index in [4.69, 9.17) is 9.97 Å². The molecule has 1 aromatic heterocycles. The summed E-state index contributed by atoms with van der Waals surface area (Å²) in [5, 5.41) is 7.25. The molecule has 1 aromatic carbocycles. The second-order valence-electron chi connectivity index (χ2n) is 9.11. The summed E-state index contributed by atoms with van der Waals surface area (Å²) in [5.41, 5.74) is 5.13. The van der Waals surface area contributed by atoms with E-state index in [-0.39, 0.29) is 0 Å². The van der Waals surface area contributed by atoms with Gasteiger partial charge in [0.2, 0.25) is 0 Å². The Balaban J connectivity index is 1.94. The van der Waals surface area contributed by atoms with Gasteiger partial charge in [-0.3, -0.25) is 4.99 Å². The number of aliphatic imine (C=N–C) groups is 1. The van der Waals surface area contributed by atoms with Crippen molar-refractivity contribution in [2.45, 2.75) is 45.1 Å². The first-order valence-electron chi connectivity index (χ1n) is 12.6. The van der Waals surface area contributed by atoms with E-state index in [1.54, 1.807) is 7.05 Å². The maximum Gasteiger partial charge on any atom is 0.161 e. The van der Waals surface area contributed by atoms with Gasteiger partial charge in [0.05, 0.1) is 0 Å². The molecule has 35 heavy (non-hydrogen) atoms. The number of aromatic nitrogens is 2. The molecule has 6 heteroatoms. The lowest BCUT2D eigenvalue weighted by Crippen LogP contribution is -2.35. The van der Waals surface area contributed by atoms with Gasteiger partial charge in [0.15, 0.2) is 5.82 Å². The van der Waals surface area contributed by atoms with Crippen LogP contribution in [-0.2, 0) is 0 Å². The maximum absolute atomic E-state index is 5.00.